The number of nitrogens with one attached hydrogen (secondary N) is 1. The highest BCUT2D eigenvalue weighted by molar-refractivity contribution is 5.94. The van der Waals surface area contributed by atoms with E-state index in [4.69, 9.17) is 4.74 Å². The number of rotatable bonds is 8. The molecule has 7 nitrogen and oxygen atoms in total. The molecular weight excluding hydrogens is 394 g/mol. The molecule has 0 radical (unpaired) electrons. The van der Waals surface area contributed by atoms with Gasteiger partial charge in [-0.25, -0.2) is 5.43 Å². The van der Waals surface area contributed by atoms with Crippen LogP contribution in [-0.4, -0.2) is 48.1 Å². The summed E-state index contributed by atoms with van der Waals surface area (Å²) in [6, 6.07) is 9.95. The quantitative estimate of drug-likeness (QED) is 0.647. The number of carbonyl (C=O) groups excluding carboxylic acids is 3. The monoisotopic (exact) mass is 425 g/mol. The first kappa shape index (κ1) is 22.7. The molecule has 1 atom stereocenters. The molecule has 0 aliphatic carbocycles. The van der Waals surface area contributed by atoms with Crippen molar-refractivity contribution in [3.63, 3.8) is 0 Å². The van der Waals surface area contributed by atoms with E-state index >= 15 is 0 Å². The fourth-order valence-corrected chi connectivity index (χ4v) is 4.13. The molecule has 0 spiro atoms. The van der Waals surface area contributed by atoms with Gasteiger partial charge in [-0.2, -0.15) is 5.10 Å². The van der Waals surface area contributed by atoms with E-state index in [1.807, 2.05) is 42.5 Å². The number of likely N-dealkylation sites (tertiary alicyclic amines) is 1. The number of allylic oxidation sites excluding steroid dienone is 1. The van der Waals surface area contributed by atoms with Crippen LogP contribution >= 0.6 is 0 Å². The van der Waals surface area contributed by atoms with Gasteiger partial charge in [0.25, 0.3) is 0 Å². The number of hydrogen-bond acceptors (Lipinski definition) is 5. The minimum Gasteiger partial charge on any atom is -0.466 e. The van der Waals surface area contributed by atoms with Crippen LogP contribution in [0.5, 0.6) is 0 Å². The minimum absolute atomic E-state index is 0.0139. The Labute approximate surface area is 183 Å². The first-order valence-corrected chi connectivity index (χ1v) is 11.0. The lowest BCUT2D eigenvalue weighted by Gasteiger charge is -2.40. The van der Waals surface area contributed by atoms with Crippen molar-refractivity contribution in [3.8, 4) is 0 Å². The molecule has 166 valence electrons. The van der Waals surface area contributed by atoms with Crippen molar-refractivity contribution in [1.29, 1.82) is 0 Å². The summed E-state index contributed by atoms with van der Waals surface area (Å²) in [4.78, 5) is 38.8. The first-order valence-electron chi connectivity index (χ1n) is 11.0. The fraction of sp³-hybridized carbons (Fsp3) is 0.500. The van der Waals surface area contributed by atoms with Crippen molar-refractivity contribution in [1.82, 2.24) is 10.3 Å². The van der Waals surface area contributed by atoms with E-state index in [-0.39, 0.29) is 17.8 Å². The van der Waals surface area contributed by atoms with Crippen molar-refractivity contribution in [2.24, 2.45) is 10.5 Å². The smallest absolute Gasteiger partial charge is 0.314 e. The van der Waals surface area contributed by atoms with Crippen molar-refractivity contribution in [2.45, 2.75) is 51.9 Å². The second-order valence-corrected chi connectivity index (χ2v) is 8.15. The average Bonchev–Trinajstić information content (AvgIpc) is 2.79. The van der Waals surface area contributed by atoms with Crippen LogP contribution in [-0.2, 0) is 19.1 Å². The van der Waals surface area contributed by atoms with E-state index < -0.39 is 5.41 Å². The van der Waals surface area contributed by atoms with Gasteiger partial charge in [-0.3, -0.25) is 14.4 Å². The molecule has 2 amide bonds. The third-order valence-corrected chi connectivity index (χ3v) is 5.86. The highest BCUT2D eigenvalue weighted by Crippen LogP contribution is 2.36. The van der Waals surface area contributed by atoms with Crippen LogP contribution in [0.1, 0.15) is 57.4 Å². The lowest BCUT2D eigenvalue weighted by atomic mass is 9.76. The van der Waals surface area contributed by atoms with Crippen LogP contribution in [0.15, 0.2) is 41.5 Å². The summed E-state index contributed by atoms with van der Waals surface area (Å²) in [6.07, 6.45) is 7.88. The van der Waals surface area contributed by atoms with E-state index in [1.165, 1.54) is 0 Å². The highest BCUT2D eigenvalue weighted by Gasteiger charge is 2.43. The summed E-state index contributed by atoms with van der Waals surface area (Å²) in [5, 5.41) is 4.04. The number of amides is 2. The van der Waals surface area contributed by atoms with Gasteiger partial charge in [-0.05, 0) is 44.6 Å². The standard InChI is InChI=1S/C24H31N3O4/c1-2-31-23(30)24(15-6-10-19-8-4-3-5-9-19)16-7-17-27(18-24)22(29)14-12-20-11-13-21(28)26-25-20/h3-6,8-10H,2,7,11-18H2,1H3,(H,26,28)/b10-6+/t24-/m1/s1. The van der Waals surface area contributed by atoms with Crippen LogP contribution in [0.25, 0.3) is 6.08 Å². The molecule has 2 heterocycles. The van der Waals surface area contributed by atoms with Crippen molar-refractivity contribution >= 4 is 29.6 Å². The van der Waals surface area contributed by atoms with Gasteiger partial charge in [0.15, 0.2) is 0 Å². The van der Waals surface area contributed by atoms with Gasteiger partial charge in [-0.1, -0.05) is 42.5 Å². The predicted molar refractivity (Wildman–Crippen MR) is 119 cm³/mol. The van der Waals surface area contributed by atoms with Crippen molar-refractivity contribution in [2.75, 3.05) is 19.7 Å². The molecule has 0 aromatic heterocycles. The number of ether oxygens (including phenoxy) is 1. The summed E-state index contributed by atoms with van der Waals surface area (Å²) < 4.78 is 5.41. The van der Waals surface area contributed by atoms with Gasteiger partial charge < -0.3 is 9.64 Å². The van der Waals surface area contributed by atoms with Crippen LogP contribution in [0, 0.1) is 5.41 Å². The van der Waals surface area contributed by atoms with Gasteiger partial charge >= 0.3 is 5.97 Å². The lowest BCUT2D eigenvalue weighted by molar-refractivity contribution is -0.160. The Morgan fingerprint density at radius 1 is 1.26 bits per heavy atom. The molecule has 0 saturated carbocycles. The number of nitrogens with zero attached hydrogens (tertiary/aromatic N) is 2. The van der Waals surface area contributed by atoms with Crippen LogP contribution in [0.3, 0.4) is 0 Å². The third-order valence-electron chi connectivity index (χ3n) is 5.86. The summed E-state index contributed by atoms with van der Waals surface area (Å²) in [5.74, 6) is -0.307. The van der Waals surface area contributed by atoms with E-state index in [0.29, 0.717) is 58.2 Å². The Morgan fingerprint density at radius 2 is 2.06 bits per heavy atom. The number of piperidine rings is 1. The van der Waals surface area contributed by atoms with E-state index in [9.17, 15) is 14.4 Å². The number of esters is 1. The van der Waals surface area contributed by atoms with Gasteiger partial charge in [-0.15, -0.1) is 0 Å². The topological polar surface area (TPSA) is 88.1 Å². The van der Waals surface area contributed by atoms with Crippen molar-refractivity contribution < 1.29 is 19.1 Å². The van der Waals surface area contributed by atoms with Crippen LogP contribution in [0.4, 0.5) is 0 Å². The first-order chi connectivity index (χ1) is 15.0. The lowest BCUT2D eigenvalue weighted by Crippen LogP contribution is -2.50. The Bertz CT molecular complexity index is 850. The van der Waals surface area contributed by atoms with Gasteiger partial charge in [0.1, 0.15) is 0 Å². The second kappa shape index (κ2) is 10.9. The molecule has 2 aliphatic heterocycles. The third kappa shape index (κ3) is 6.26. The SMILES string of the molecule is CCOC(=O)[C@]1(C/C=C/c2ccccc2)CCCN(C(=O)CCC2=NNC(=O)CC2)C1. The van der Waals surface area contributed by atoms with Crippen LogP contribution in [0.2, 0.25) is 0 Å². The van der Waals surface area contributed by atoms with E-state index in [1.54, 1.807) is 11.8 Å². The van der Waals surface area contributed by atoms with E-state index in [2.05, 4.69) is 10.5 Å². The maximum atomic E-state index is 12.9. The molecule has 1 fully saturated rings. The molecule has 1 aromatic carbocycles. The van der Waals surface area contributed by atoms with Gasteiger partial charge in [0, 0.05) is 31.6 Å². The molecule has 7 heteroatoms. The largest absolute Gasteiger partial charge is 0.466 e. The zero-order valence-corrected chi connectivity index (χ0v) is 18.1. The summed E-state index contributed by atoms with van der Waals surface area (Å²) in [5.41, 5.74) is 3.67. The zero-order chi connectivity index (χ0) is 22.1. The normalized spacial score (nSPS) is 21.5. The Kier molecular flexibility index (Phi) is 7.98. The molecular formula is C24H31N3O4. The maximum Gasteiger partial charge on any atom is 0.314 e. The highest BCUT2D eigenvalue weighted by atomic mass is 16.5. The summed E-state index contributed by atoms with van der Waals surface area (Å²) in [7, 11) is 0. The molecule has 0 bridgehead atoms. The molecule has 1 N–H and O–H groups in total. The fourth-order valence-electron chi connectivity index (χ4n) is 4.13. The Hall–Kier alpha value is -2.96. The summed E-state index contributed by atoms with van der Waals surface area (Å²) >= 11 is 0. The average molecular weight is 426 g/mol. The molecule has 3 rings (SSSR count). The molecule has 0 unspecified atom stereocenters. The molecule has 2 aliphatic rings. The van der Waals surface area contributed by atoms with E-state index in [0.717, 1.165) is 17.7 Å². The maximum absolute atomic E-state index is 12.9. The molecule has 31 heavy (non-hydrogen) atoms. The zero-order valence-electron chi connectivity index (χ0n) is 18.1. The minimum atomic E-state index is -0.717. The Morgan fingerprint density at radius 3 is 2.77 bits per heavy atom. The number of carbonyl (C=O) groups is 3. The Balaban J connectivity index is 1.65. The molecule has 1 saturated heterocycles. The number of benzene rings is 1. The van der Waals surface area contributed by atoms with Crippen LogP contribution < -0.4 is 5.43 Å². The van der Waals surface area contributed by atoms with Crippen molar-refractivity contribution in [3.05, 3.63) is 42.0 Å². The predicted octanol–water partition coefficient (Wildman–Crippen LogP) is 3.31. The number of hydrogen-bond donors (Lipinski definition) is 1. The molecule has 1 aromatic rings. The summed E-state index contributed by atoms with van der Waals surface area (Å²) in [6.45, 7) is 3.14. The second-order valence-electron chi connectivity index (χ2n) is 8.15. The number of hydrazone groups is 1. The van der Waals surface area contributed by atoms with Gasteiger partial charge in [0.2, 0.25) is 11.8 Å². The van der Waals surface area contributed by atoms with Gasteiger partial charge in [0.05, 0.1) is 12.0 Å².